The van der Waals surface area contributed by atoms with Crippen LogP contribution in [-0.4, -0.2) is 27.7 Å². The quantitative estimate of drug-likeness (QED) is 0.514. The van der Waals surface area contributed by atoms with Gasteiger partial charge in [0.05, 0.1) is 7.11 Å². The molecule has 2 heterocycles. The SMILES string of the molecule is COc1ccc(NC(=O)Cn2c(-c3nc(-c4ccc(F)cc4)no3)cccc2=O)cc1. The van der Waals surface area contributed by atoms with E-state index in [9.17, 15) is 14.0 Å². The summed E-state index contributed by atoms with van der Waals surface area (Å²) in [4.78, 5) is 29.2. The second-order valence-electron chi connectivity index (χ2n) is 6.54. The molecule has 0 fully saturated rings. The molecular formula is C22H17FN4O4. The van der Waals surface area contributed by atoms with Crippen molar-refractivity contribution >= 4 is 11.6 Å². The number of benzene rings is 2. The number of halogens is 1. The summed E-state index contributed by atoms with van der Waals surface area (Å²) in [5.41, 5.74) is 1.01. The van der Waals surface area contributed by atoms with E-state index in [1.807, 2.05) is 0 Å². The lowest BCUT2D eigenvalue weighted by atomic mass is 10.2. The Bertz CT molecular complexity index is 1260. The highest BCUT2D eigenvalue weighted by molar-refractivity contribution is 5.90. The molecule has 0 atom stereocenters. The smallest absolute Gasteiger partial charge is 0.274 e. The maximum absolute atomic E-state index is 13.1. The third-order valence-electron chi connectivity index (χ3n) is 4.47. The number of methoxy groups -OCH3 is 1. The van der Waals surface area contributed by atoms with Gasteiger partial charge in [-0.15, -0.1) is 0 Å². The van der Waals surface area contributed by atoms with E-state index < -0.39 is 11.5 Å². The molecule has 0 saturated heterocycles. The predicted octanol–water partition coefficient (Wildman–Crippen LogP) is 3.35. The number of carbonyl (C=O) groups is 1. The minimum Gasteiger partial charge on any atom is -0.497 e. The van der Waals surface area contributed by atoms with Crippen LogP contribution in [0.5, 0.6) is 5.75 Å². The van der Waals surface area contributed by atoms with Gasteiger partial charge in [0.1, 0.15) is 23.8 Å². The fraction of sp³-hybridized carbons (Fsp3) is 0.0909. The molecule has 0 aliphatic carbocycles. The first-order chi connectivity index (χ1) is 15.0. The van der Waals surface area contributed by atoms with Crippen molar-refractivity contribution in [3.8, 4) is 28.7 Å². The lowest BCUT2D eigenvalue weighted by Gasteiger charge is -2.10. The van der Waals surface area contributed by atoms with Gasteiger partial charge in [0.15, 0.2) is 0 Å². The van der Waals surface area contributed by atoms with Crippen molar-refractivity contribution in [2.75, 3.05) is 12.4 Å². The number of nitrogens with one attached hydrogen (secondary N) is 1. The molecule has 0 saturated carbocycles. The summed E-state index contributed by atoms with van der Waals surface area (Å²) >= 11 is 0. The number of hydrogen-bond acceptors (Lipinski definition) is 6. The number of amides is 1. The number of carbonyl (C=O) groups excluding carboxylic acids is 1. The van der Waals surface area contributed by atoms with E-state index in [0.717, 1.165) is 0 Å². The molecule has 1 N–H and O–H groups in total. The van der Waals surface area contributed by atoms with Crippen LogP contribution in [0.3, 0.4) is 0 Å². The minimum atomic E-state index is -0.405. The molecule has 2 aromatic carbocycles. The molecule has 8 nitrogen and oxygen atoms in total. The van der Waals surface area contributed by atoms with Crippen LogP contribution >= 0.6 is 0 Å². The van der Waals surface area contributed by atoms with Crippen molar-refractivity contribution in [2.45, 2.75) is 6.54 Å². The number of ether oxygens (including phenoxy) is 1. The van der Waals surface area contributed by atoms with Gasteiger partial charge in [-0.25, -0.2) is 4.39 Å². The molecule has 0 spiro atoms. The van der Waals surface area contributed by atoms with Crippen LogP contribution in [-0.2, 0) is 11.3 Å². The summed E-state index contributed by atoms with van der Waals surface area (Å²) in [5, 5.41) is 6.62. The molecule has 2 aromatic heterocycles. The number of anilines is 1. The van der Waals surface area contributed by atoms with E-state index >= 15 is 0 Å². The molecule has 0 aliphatic heterocycles. The topological polar surface area (TPSA) is 99.2 Å². The molecule has 31 heavy (non-hydrogen) atoms. The van der Waals surface area contributed by atoms with Gasteiger partial charge in [-0.05, 0) is 54.6 Å². The molecule has 0 bridgehead atoms. The van der Waals surface area contributed by atoms with Crippen LogP contribution in [0.2, 0.25) is 0 Å². The van der Waals surface area contributed by atoms with Crippen molar-refractivity contribution in [1.82, 2.24) is 14.7 Å². The molecule has 0 radical (unpaired) electrons. The summed E-state index contributed by atoms with van der Waals surface area (Å²) in [5.74, 6) is 0.174. The van der Waals surface area contributed by atoms with Gasteiger partial charge in [0, 0.05) is 17.3 Å². The highest BCUT2D eigenvalue weighted by Crippen LogP contribution is 2.22. The summed E-state index contributed by atoms with van der Waals surface area (Å²) in [6, 6.07) is 16.9. The zero-order chi connectivity index (χ0) is 21.8. The van der Waals surface area contributed by atoms with E-state index in [1.54, 1.807) is 37.4 Å². The van der Waals surface area contributed by atoms with Crippen molar-refractivity contribution in [1.29, 1.82) is 0 Å². The standard InChI is InChI=1S/C22H17FN4O4/c1-30-17-11-9-16(10-12-17)24-19(28)13-27-18(3-2-4-20(27)29)22-25-21(26-31-22)14-5-7-15(23)8-6-14/h2-12H,13H2,1H3,(H,24,28). The average Bonchev–Trinajstić information content (AvgIpc) is 3.26. The maximum atomic E-state index is 13.1. The monoisotopic (exact) mass is 420 g/mol. The van der Waals surface area contributed by atoms with Gasteiger partial charge in [-0.1, -0.05) is 11.2 Å². The van der Waals surface area contributed by atoms with Crippen molar-refractivity contribution in [3.05, 3.63) is 82.9 Å². The third kappa shape index (κ3) is 4.50. The van der Waals surface area contributed by atoms with Gasteiger partial charge in [-0.3, -0.25) is 14.2 Å². The van der Waals surface area contributed by atoms with Crippen LogP contribution in [0.1, 0.15) is 0 Å². The lowest BCUT2D eigenvalue weighted by molar-refractivity contribution is -0.116. The van der Waals surface area contributed by atoms with Crippen LogP contribution in [0.25, 0.3) is 23.0 Å². The van der Waals surface area contributed by atoms with E-state index in [-0.39, 0.29) is 24.1 Å². The first-order valence-electron chi connectivity index (χ1n) is 9.27. The molecular weight excluding hydrogens is 403 g/mol. The van der Waals surface area contributed by atoms with Crippen LogP contribution in [0.15, 0.2) is 76.0 Å². The number of aromatic nitrogens is 3. The molecule has 4 rings (SSSR count). The molecule has 1 amide bonds. The van der Waals surface area contributed by atoms with Crippen molar-refractivity contribution in [3.63, 3.8) is 0 Å². The van der Waals surface area contributed by atoms with E-state index in [2.05, 4.69) is 15.5 Å². The Morgan fingerprint density at radius 1 is 1.10 bits per heavy atom. The van der Waals surface area contributed by atoms with E-state index in [4.69, 9.17) is 9.26 Å². The first kappa shape index (κ1) is 20.0. The number of hydrogen-bond donors (Lipinski definition) is 1. The summed E-state index contributed by atoms with van der Waals surface area (Å²) < 4.78 is 24.8. The fourth-order valence-electron chi connectivity index (χ4n) is 2.93. The zero-order valence-corrected chi connectivity index (χ0v) is 16.4. The van der Waals surface area contributed by atoms with E-state index in [1.165, 1.54) is 41.0 Å². The third-order valence-corrected chi connectivity index (χ3v) is 4.47. The molecule has 4 aromatic rings. The Hall–Kier alpha value is -4.27. The average molecular weight is 420 g/mol. The fourth-order valence-corrected chi connectivity index (χ4v) is 2.93. The number of pyridine rings is 1. The largest absolute Gasteiger partial charge is 0.497 e. The summed E-state index contributed by atoms with van der Waals surface area (Å²) in [6.45, 7) is -0.255. The number of rotatable bonds is 6. The van der Waals surface area contributed by atoms with Gasteiger partial charge in [0.2, 0.25) is 11.7 Å². The van der Waals surface area contributed by atoms with Crippen LogP contribution in [0.4, 0.5) is 10.1 Å². The van der Waals surface area contributed by atoms with Crippen molar-refractivity contribution < 1.29 is 18.4 Å². The van der Waals surface area contributed by atoms with Gasteiger partial charge < -0.3 is 14.6 Å². The Morgan fingerprint density at radius 3 is 2.55 bits per heavy atom. The Morgan fingerprint density at radius 2 is 1.84 bits per heavy atom. The second-order valence-corrected chi connectivity index (χ2v) is 6.54. The molecule has 156 valence electrons. The summed E-state index contributed by atoms with van der Waals surface area (Å²) in [6.07, 6.45) is 0. The normalized spacial score (nSPS) is 10.6. The maximum Gasteiger partial charge on any atom is 0.274 e. The van der Waals surface area contributed by atoms with Gasteiger partial charge in [-0.2, -0.15) is 4.98 Å². The minimum absolute atomic E-state index is 0.0641. The Labute approximate surface area is 175 Å². The number of nitrogens with zero attached hydrogens (tertiary/aromatic N) is 3. The van der Waals surface area contributed by atoms with Crippen molar-refractivity contribution in [2.24, 2.45) is 0 Å². The van der Waals surface area contributed by atoms with Gasteiger partial charge in [0.25, 0.3) is 11.4 Å². The molecule has 9 heteroatoms. The molecule has 0 unspecified atom stereocenters. The molecule has 0 aliphatic rings. The predicted molar refractivity (Wildman–Crippen MR) is 111 cm³/mol. The van der Waals surface area contributed by atoms with Gasteiger partial charge >= 0.3 is 0 Å². The highest BCUT2D eigenvalue weighted by Gasteiger charge is 2.17. The highest BCUT2D eigenvalue weighted by atomic mass is 19.1. The summed E-state index contributed by atoms with van der Waals surface area (Å²) in [7, 11) is 1.55. The first-order valence-corrected chi connectivity index (χ1v) is 9.27. The van der Waals surface area contributed by atoms with Crippen LogP contribution < -0.4 is 15.6 Å². The van der Waals surface area contributed by atoms with E-state index in [0.29, 0.717) is 22.7 Å². The zero-order valence-electron chi connectivity index (χ0n) is 16.4. The Kier molecular flexibility index (Phi) is 5.57. The van der Waals surface area contributed by atoms with Crippen LogP contribution in [0, 0.1) is 5.82 Å². The Balaban J connectivity index is 1.58. The lowest BCUT2D eigenvalue weighted by Crippen LogP contribution is -2.28. The second kappa shape index (κ2) is 8.62.